The Labute approximate surface area is 97.3 Å². The minimum Gasteiger partial charge on any atom is -0.468 e. The van der Waals surface area contributed by atoms with E-state index in [0.717, 1.165) is 12.8 Å². The molecule has 0 bridgehead atoms. The van der Waals surface area contributed by atoms with Gasteiger partial charge in [-0.3, -0.25) is 4.79 Å². The molecule has 0 saturated carbocycles. The molecule has 3 unspecified atom stereocenters. The van der Waals surface area contributed by atoms with Gasteiger partial charge in [0, 0.05) is 18.6 Å². The molecule has 1 fully saturated rings. The van der Waals surface area contributed by atoms with Crippen molar-refractivity contribution >= 4 is 5.97 Å². The van der Waals surface area contributed by atoms with E-state index in [4.69, 9.17) is 10.5 Å². The van der Waals surface area contributed by atoms with Crippen molar-refractivity contribution in [2.45, 2.75) is 51.2 Å². The van der Waals surface area contributed by atoms with Gasteiger partial charge in [0.05, 0.1) is 7.11 Å². The largest absolute Gasteiger partial charge is 0.468 e. The van der Waals surface area contributed by atoms with Gasteiger partial charge in [-0.15, -0.1) is 0 Å². The number of rotatable bonds is 4. The third kappa shape index (κ3) is 3.17. The van der Waals surface area contributed by atoms with Crippen molar-refractivity contribution in [3.63, 3.8) is 0 Å². The van der Waals surface area contributed by atoms with Gasteiger partial charge in [0.2, 0.25) is 0 Å². The zero-order valence-electron chi connectivity index (χ0n) is 10.4. The Morgan fingerprint density at radius 1 is 1.50 bits per heavy atom. The molecule has 0 aliphatic carbocycles. The number of methoxy groups -OCH3 is 1. The van der Waals surface area contributed by atoms with Crippen LogP contribution < -0.4 is 11.2 Å². The Balaban J connectivity index is 2.58. The summed E-state index contributed by atoms with van der Waals surface area (Å²) in [7, 11) is 1.38. The number of piperidine rings is 1. The Morgan fingerprint density at radius 3 is 2.50 bits per heavy atom. The summed E-state index contributed by atoms with van der Waals surface area (Å²) in [5.74, 6) is -0.299. The molecular weight excluding hydrogens is 206 g/mol. The maximum absolute atomic E-state index is 11.4. The Hall–Kier alpha value is -0.650. The van der Waals surface area contributed by atoms with Crippen LogP contribution in [-0.4, -0.2) is 42.8 Å². The lowest BCUT2D eigenvalue weighted by atomic mass is 10.00. The molecule has 0 spiro atoms. The number of nitrogens with zero attached hydrogens (tertiary/aromatic N) is 1. The molecule has 94 valence electrons. The van der Waals surface area contributed by atoms with Crippen molar-refractivity contribution in [2.24, 2.45) is 5.73 Å². The van der Waals surface area contributed by atoms with Gasteiger partial charge in [-0.25, -0.2) is 10.4 Å². The van der Waals surface area contributed by atoms with E-state index in [-0.39, 0.29) is 12.5 Å². The van der Waals surface area contributed by atoms with Crippen molar-refractivity contribution in [1.29, 1.82) is 0 Å². The lowest BCUT2D eigenvalue weighted by Gasteiger charge is -2.40. The van der Waals surface area contributed by atoms with Crippen molar-refractivity contribution in [2.75, 3.05) is 13.7 Å². The average molecular weight is 229 g/mol. The van der Waals surface area contributed by atoms with E-state index in [1.165, 1.54) is 13.5 Å². The minimum atomic E-state index is -0.437. The SMILES string of the molecule is COC(=O)C(CN)NN1C(C)CCCC1C. The van der Waals surface area contributed by atoms with Crippen molar-refractivity contribution in [3.05, 3.63) is 0 Å². The molecule has 3 atom stereocenters. The molecule has 16 heavy (non-hydrogen) atoms. The fourth-order valence-corrected chi connectivity index (χ4v) is 2.20. The molecule has 1 rings (SSSR count). The molecular formula is C11H23N3O2. The second kappa shape index (κ2) is 6.18. The maximum atomic E-state index is 11.4. The number of hydrogen-bond acceptors (Lipinski definition) is 5. The van der Waals surface area contributed by atoms with Crippen LogP contribution in [0.3, 0.4) is 0 Å². The highest BCUT2D eigenvalue weighted by molar-refractivity contribution is 5.75. The van der Waals surface area contributed by atoms with Crippen molar-refractivity contribution in [1.82, 2.24) is 10.4 Å². The second-order valence-electron chi connectivity index (χ2n) is 4.48. The number of hydrazine groups is 1. The lowest BCUT2D eigenvalue weighted by molar-refractivity contribution is -0.145. The van der Waals surface area contributed by atoms with E-state index in [1.54, 1.807) is 0 Å². The van der Waals surface area contributed by atoms with Crippen LogP contribution in [0.25, 0.3) is 0 Å². The summed E-state index contributed by atoms with van der Waals surface area (Å²) in [5, 5.41) is 2.14. The van der Waals surface area contributed by atoms with Crippen LogP contribution >= 0.6 is 0 Å². The van der Waals surface area contributed by atoms with Crippen LogP contribution in [0.4, 0.5) is 0 Å². The standard InChI is InChI=1S/C11H23N3O2/c1-8-5-4-6-9(2)14(8)13-10(7-12)11(15)16-3/h8-10,13H,4-7,12H2,1-3H3. The van der Waals surface area contributed by atoms with Crippen LogP contribution in [0.1, 0.15) is 33.1 Å². The van der Waals surface area contributed by atoms with Crippen LogP contribution in [0.2, 0.25) is 0 Å². The van der Waals surface area contributed by atoms with Crippen LogP contribution in [0.5, 0.6) is 0 Å². The second-order valence-corrected chi connectivity index (χ2v) is 4.48. The van der Waals surface area contributed by atoms with Gasteiger partial charge >= 0.3 is 5.97 Å². The minimum absolute atomic E-state index is 0.253. The molecule has 5 nitrogen and oxygen atoms in total. The smallest absolute Gasteiger partial charge is 0.325 e. The van der Waals surface area contributed by atoms with E-state index < -0.39 is 6.04 Å². The number of carbonyl (C=O) groups excluding carboxylic acids is 1. The monoisotopic (exact) mass is 229 g/mol. The summed E-state index contributed by atoms with van der Waals surface area (Å²) >= 11 is 0. The molecule has 0 amide bonds. The highest BCUT2D eigenvalue weighted by atomic mass is 16.5. The number of ether oxygens (including phenoxy) is 1. The number of hydrogen-bond donors (Lipinski definition) is 2. The molecule has 1 heterocycles. The van der Waals surface area contributed by atoms with Gasteiger partial charge < -0.3 is 10.5 Å². The molecule has 0 aromatic heterocycles. The number of esters is 1. The van der Waals surface area contributed by atoms with Crippen molar-refractivity contribution < 1.29 is 9.53 Å². The number of nitrogens with two attached hydrogens (primary N) is 1. The average Bonchev–Trinajstić information content (AvgIpc) is 2.28. The maximum Gasteiger partial charge on any atom is 0.325 e. The molecule has 0 aromatic carbocycles. The third-order valence-corrected chi connectivity index (χ3v) is 3.22. The molecule has 1 saturated heterocycles. The van der Waals surface area contributed by atoms with Gasteiger partial charge in [0.1, 0.15) is 6.04 Å². The van der Waals surface area contributed by atoms with Crippen LogP contribution in [0, 0.1) is 0 Å². The predicted molar refractivity (Wildman–Crippen MR) is 62.6 cm³/mol. The lowest BCUT2D eigenvalue weighted by Crippen LogP contribution is -2.59. The first-order valence-corrected chi connectivity index (χ1v) is 5.92. The molecule has 0 aromatic rings. The Bertz CT molecular complexity index is 225. The first kappa shape index (κ1) is 13.4. The molecule has 3 N–H and O–H groups in total. The van der Waals surface area contributed by atoms with E-state index in [9.17, 15) is 4.79 Å². The summed E-state index contributed by atoms with van der Waals surface area (Å²) in [6, 6.07) is 0.429. The van der Waals surface area contributed by atoms with Crippen LogP contribution in [0.15, 0.2) is 0 Å². The van der Waals surface area contributed by atoms with E-state index in [2.05, 4.69) is 24.3 Å². The fourth-order valence-electron chi connectivity index (χ4n) is 2.20. The Morgan fingerprint density at radius 2 is 2.06 bits per heavy atom. The first-order chi connectivity index (χ1) is 7.60. The number of nitrogens with one attached hydrogen (secondary N) is 1. The highest BCUT2D eigenvalue weighted by Gasteiger charge is 2.28. The summed E-state index contributed by atoms with van der Waals surface area (Å²) in [6.45, 7) is 4.57. The topological polar surface area (TPSA) is 67.6 Å². The normalized spacial score (nSPS) is 28.8. The van der Waals surface area contributed by atoms with E-state index >= 15 is 0 Å². The Kier molecular flexibility index (Phi) is 5.18. The van der Waals surface area contributed by atoms with E-state index in [1.807, 2.05) is 0 Å². The van der Waals surface area contributed by atoms with Crippen LogP contribution in [-0.2, 0) is 9.53 Å². The summed E-state index contributed by atoms with van der Waals surface area (Å²) in [5.41, 5.74) is 8.76. The molecule has 5 heteroatoms. The van der Waals surface area contributed by atoms with Crippen molar-refractivity contribution in [3.8, 4) is 0 Å². The van der Waals surface area contributed by atoms with Gasteiger partial charge in [-0.1, -0.05) is 6.42 Å². The predicted octanol–water partition coefficient (Wildman–Crippen LogP) is 0.254. The quantitative estimate of drug-likeness (QED) is 0.677. The fraction of sp³-hybridized carbons (Fsp3) is 0.909. The zero-order chi connectivity index (χ0) is 12.1. The highest BCUT2D eigenvalue weighted by Crippen LogP contribution is 2.20. The van der Waals surface area contributed by atoms with Gasteiger partial charge in [0.15, 0.2) is 0 Å². The summed E-state index contributed by atoms with van der Waals surface area (Å²) in [6.07, 6.45) is 3.54. The summed E-state index contributed by atoms with van der Waals surface area (Å²) in [4.78, 5) is 11.4. The van der Waals surface area contributed by atoms with Gasteiger partial charge in [-0.2, -0.15) is 0 Å². The van der Waals surface area contributed by atoms with Gasteiger partial charge in [0.25, 0.3) is 0 Å². The molecule has 0 radical (unpaired) electrons. The summed E-state index contributed by atoms with van der Waals surface area (Å²) < 4.78 is 4.71. The van der Waals surface area contributed by atoms with Gasteiger partial charge in [-0.05, 0) is 26.7 Å². The first-order valence-electron chi connectivity index (χ1n) is 5.92. The zero-order valence-corrected chi connectivity index (χ0v) is 10.4. The van der Waals surface area contributed by atoms with E-state index in [0.29, 0.717) is 12.1 Å². The third-order valence-electron chi connectivity index (χ3n) is 3.22. The molecule has 1 aliphatic rings. The number of carbonyl (C=O) groups is 1. The molecule has 1 aliphatic heterocycles.